The van der Waals surface area contributed by atoms with E-state index in [4.69, 9.17) is 0 Å². The summed E-state index contributed by atoms with van der Waals surface area (Å²) in [5.41, 5.74) is 2.67. The molecule has 0 bridgehead atoms. The fourth-order valence-electron chi connectivity index (χ4n) is 4.24. The summed E-state index contributed by atoms with van der Waals surface area (Å²) in [5, 5.41) is 3.56. The van der Waals surface area contributed by atoms with Crippen molar-refractivity contribution in [2.75, 3.05) is 58.3 Å². The van der Waals surface area contributed by atoms with Crippen molar-refractivity contribution in [3.05, 3.63) is 59.8 Å². The number of nitrogens with zero attached hydrogens (tertiary/aromatic N) is 5. The van der Waals surface area contributed by atoms with Crippen molar-refractivity contribution < 1.29 is 0 Å². The zero-order chi connectivity index (χ0) is 20.1. The Kier molecular flexibility index (Phi) is 8.32. The molecule has 2 saturated heterocycles. The van der Waals surface area contributed by atoms with Crippen molar-refractivity contribution in [2.24, 2.45) is 4.99 Å². The van der Waals surface area contributed by atoms with E-state index in [2.05, 4.69) is 79.5 Å². The van der Waals surface area contributed by atoms with Crippen LogP contribution in [-0.2, 0) is 6.54 Å². The van der Waals surface area contributed by atoms with Gasteiger partial charge in [0, 0.05) is 65.0 Å². The average molecular weight is 520 g/mol. The van der Waals surface area contributed by atoms with Gasteiger partial charge in [-0.2, -0.15) is 0 Å². The van der Waals surface area contributed by atoms with E-state index >= 15 is 0 Å². The molecule has 4 rings (SSSR count). The first kappa shape index (κ1) is 22.8. The van der Waals surface area contributed by atoms with Crippen LogP contribution < -0.4 is 10.2 Å². The van der Waals surface area contributed by atoms with Gasteiger partial charge in [-0.25, -0.2) is 4.98 Å². The van der Waals surface area contributed by atoms with Crippen molar-refractivity contribution in [1.82, 2.24) is 20.1 Å². The molecular weight excluding hydrogens is 487 g/mol. The summed E-state index contributed by atoms with van der Waals surface area (Å²) < 4.78 is 0. The number of halogens is 1. The molecule has 1 aromatic heterocycles. The zero-order valence-electron chi connectivity index (χ0n) is 18.0. The molecule has 0 spiro atoms. The predicted octanol–water partition coefficient (Wildman–Crippen LogP) is 3.02. The number of guanidine groups is 1. The first-order valence-corrected chi connectivity index (χ1v) is 10.6. The summed E-state index contributed by atoms with van der Waals surface area (Å²) in [4.78, 5) is 16.2. The minimum Gasteiger partial charge on any atom is -0.354 e. The molecule has 0 aliphatic carbocycles. The zero-order valence-corrected chi connectivity index (χ0v) is 20.3. The topological polar surface area (TPSA) is 47.0 Å². The molecule has 0 amide bonds. The van der Waals surface area contributed by atoms with Gasteiger partial charge >= 0.3 is 0 Å². The smallest absolute Gasteiger partial charge is 0.193 e. The molecule has 1 N–H and O–H groups in total. The number of benzene rings is 1. The Morgan fingerprint density at radius 1 is 1.10 bits per heavy atom. The molecule has 2 aliphatic heterocycles. The van der Waals surface area contributed by atoms with Crippen molar-refractivity contribution >= 4 is 35.8 Å². The molecule has 7 heteroatoms. The van der Waals surface area contributed by atoms with Gasteiger partial charge in [0.2, 0.25) is 0 Å². The number of aliphatic imine (C=N–C) groups is 1. The fraction of sp³-hybridized carbons (Fsp3) is 0.478. The van der Waals surface area contributed by atoms with Crippen LogP contribution in [0.3, 0.4) is 0 Å². The first-order valence-electron chi connectivity index (χ1n) is 10.6. The van der Waals surface area contributed by atoms with E-state index in [-0.39, 0.29) is 24.0 Å². The Hall–Kier alpha value is -1.87. The van der Waals surface area contributed by atoms with E-state index in [1.54, 1.807) is 0 Å². The number of hydrogen-bond donors (Lipinski definition) is 1. The van der Waals surface area contributed by atoms with E-state index in [0.29, 0.717) is 5.92 Å². The van der Waals surface area contributed by atoms with Gasteiger partial charge < -0.3 is 20.0 Å². The maximum absolute atomic E-state index is 4.60. The second kappa shape index (κ2) is 10.9. The quantitative estimate of drug-likeness (QED) is 0.382. The van der Waals surface area contributed by atoms with Gasteiger partial charge in [-0.3, -0.25) is 4.99 Å². The third kappa shape index (κ3) is 5.63. The minimum absolute atomic E-state index is 0. The third-order valence-corrected chi connectivity index (χ3v) is 6.06. The number of rotatable bonds is 4. The lowest BCUT2D eigenvalue weighted by molar-refractivity contribution is 0.312. The minimum atomic E-state index is 0. The van der Waals surface area contributed by atoms with Gasteiger partial charge in [-0.15, -0.1) is 24.0 Å². The molecule has 30 heavy (non-hydrogen) atoms. The van der Waals surface area contributed by atoms with Crippen molar-refractivity contribution in [2.45, 2.75) is 18.9 Å². The molecule has 1 unspecified atom stereocenters. The van der Waals surface area contributed by atoms with Crippen molar-refractivity contribution in [3.8, 4) is 0 Å². The molecule has 1 aromatic carbocycles. The number of piperazine rings is 1. The van der Waals surface area contributed by atoms with Gasteiger partial charge in [0.05, 0.1) is 0 Å². The maximum atomic E-state index is 4.60. The Labute approximate surface area is 197 Å². The van der Waals surface area contributed by atoms with Crippen LogP contribution in [-0.4, -0.2) is 74.1 Å². The van der Waals surface area contributed by atoms with Gasteiger partial charge in [0.25, 0.3) is 0 Å². The molecule has 162 valence electrons. The van der Waals surface area contributed by atoms with Gasteiger partial charge in [0.15, 0.2) is 5.96 Å². The second-order valence-electron chi connectivity index (χ2n) is 8.06. The Morgan fingerprint density at radius 3 is 2.60 bits per heavy atom. The number of aromatic nitrogens is 1. The molecule has 0 radical (unpaired) electrons. The van der Waals surface area contributed by atoms with Crippen LogP contribution in [0, 0.1) is 0 Å². The SMILES string of the molecule is CN=C(NCc1ccnc(N2CCN(C)CC2)c1)N1CCC(c2ccccc2)C1.I. The maximum Gasteiger partial charge on any atom is 0.193 e. The summed E-state index contributed by atoms with van der Waals surface area (Å²) >= 11 is 0. The highest BCUT2D eigenvalue weighted by Gasteiger charge is 2.25. The molecule has 1 atom stereocenters. The largest absolute Gasteiger partial charge is 0.354 e. The molecule has 3 heterocycles. The molecule has 2 aliphatic rings. The fourth-order valence-corrected chi connectivity index (χ4v) is 4.24. The molecule has 0 saturated carbocycles. The average Bonchev–Trinajstić information content (AvgIpc) is 3.26. The van der Waals surface area contributed by atoms with Crippen LogP contribution in [0.1, 0.15) is 23.5 Å². The lowest BCUT2D eigenvalue weighted by atomic mass is 9.99. The summed E-state index contributed by atoms with van der Waals surface area (Å²) in [7, 11) is 4.05. The highest BCUT2D eigenvalue weighted by Crippen LogP contribution is 2.27. The lowest BCUT2D eigenvalue weighted by Crippen LogP contribution is -2.44. The lowest BCUT2D eigenvalue weighted by Gasteiger charge is -2.33. The van der Waals surface area contributed by atoms with Gasteiger partial charge in [-0.05, 0) is 36.7 Å². The third-order valence-electron chi connectivity index (χ3n) is 6.06. The van der Waals surface area contributed by atoms with Gasteiger partial charge in [0.1, 0.15) is 5.82 Å². The molecule has 6 nitrogen and oxygen atoms in total. The number of nitrogens with one attached hydrogen (secondary N) is 1. The molecule has 2 fully saturated rings. The predicted molar refractivity (Wildman–Crippen MR) is 135 cm³/mol. The number of anilines is 1. The Bertz CT molecular complexity index is 819. The van der Waals surface area contributed by atoms with E-state index in [1.807, 2.05) is 13.2 Å². The normalized spacial score (nSPS) is 20.2. The number of hydrogen-bond acceptors (Lipinski definition) is 4. The highest BCUT2D eigenvalue weighted by molar-refractivity contribution is 14.0. The van der Waals surface area contributed by atoms with Crippen LogP contribution >= 0.6 is 24.0 Å². The van der Waals surface area contributed by atoms with Crippen LogP contribution in [0.25, 0.3) is 0 Å². The number of pyridine rings is 1. The van der Waals surface area contributed by atoms with E-state index in [1.165, 1.54) is 17.5 Å². The first-order chi connectivity index (χ1) is 14.2. The van der Waals surface area contributed by atoms with Crippen LogP contribution in [0.2, 0.25) is 0 Å². The van der Waals surface area contributed by atoms with Crippen LogP contribution in [0.5, 0.6) is 0 Å². The van der Waals surface area contributed by atoms with Crippen LogP contribution in [0.15, 0.2) is 53.7 Å². The van der Waals surface area contributed by atoms with E-state index in [0.717, 1.165) is 57.6 Å². The standard InChI is InChI=1S/C23H32N6.HI/c1-24-23(29-11-9-21(18-29)20-6-4-3-5-7-20)26-17-19-8-10-25-22(16-19)28-14-12-27(2)13-15-28;/h3-8,10,16,21H,9,11-15,17-18H2,1-2H3,(H,24,26);1H. The number of likely N-dealkylation sites (N-methyl/N-ethyl adjacent to an activating group) is 1. The van der Waals surface area contributed by atoms with Crippen molar-refractivity contribution in [3.63, 3.8) is 0 Å². The van der Waals surface area contributed by atoms with E-state index in [9.17, 15) is 0 Å². The Morgan fingerprint density at radius 2 is 1.87 bits per heavy atom. The summed E-state index contributed by atoms with van der Waals surface area (Å²) in [6.07, 6.45) is 3.10. The summed E-state index contributed by atoms with van der Waals surface area (Å²) in [6.45, 7) is 7.09. The summed E-state index contributed by atoms with van der Waals surface area (Å²) in [5.74, 6) is 2.65. The van der Waals surface area contributed by atoms with Gasteiger partial charge in [-0.1, -0.05) is 30.3 Å². The number of likely N-dealkylation sites (tertiary alicyclic amines) is 1. The summed E-state index contributed by atoms with van der Waals surface area (Å²) in [6, 6.07) is 15.1. The second-order valence-corrected chi connectivity index (χ2v) is 8.06. The van der Waals surface area contributed by atoms with Crippen molar-refractivity contribution in [1.29, 1.82) is 0 Å². The Balaban J connectivity index is 0.00000256. The monoisotopic (exact) mass is 520 g/mol. The van der Waals surface area contributed by atoms with E-state index < -0.39 is 0 Å². The molecular formula is C23H33IN6. The molecule has 2 aromatic rings. The van der Waals surface area contributed by atoms with Crippen LogP contribution in [0.4, 0.5) is 5.82 Å². The highest BCUT2D eigenvalue weighted by atomic mass is 127.